The van der Waals surface area contributed by atoms with Crippen LogP contribution in [0.4, 0.5) is 0 Å². The molecule has 0 radical (unpaired) electrons. The molecule has 0 aromatic heterocycles. The maximum atomic E-state index is 12.3. The average Bonchev–Trinajstić information content (AvgIpc) is 2.39. The van der Waals surface area contributed by atoms with Gasteiger partial charge in [-0.25, -0.2) is 13.1 Å². The third-order valence-corrected chi connectivity index (χ3v) is 5.90. The van der Waals surface area contributed by atoms with Crippen molar-refractivity contribution in [2.24, 2.45) is 5.73 Å². The molecule has 1 fully saturated rings. The zero-order chi connectivity index (χ0) is 15.2. The van der Waals surface area contributed by atoms with Crippen LogP contribution in [0.25, 0.3) is 0 Å². The van der Waals surface area contributed by atoms with Gasteiger partial charge in [0.25, 0.3) is 0 Å². The summed E-state index contributed by atoms with van der Waals surface area (Å²) < 4.78 is 32.4. The molecule has 1 aliphatic heterocycles. The van der Waals surface area contributed by atoms with Gasteiger partial charge in [-0.2, -0.15) is 0 Å². The van der Waals surface area contributed by atoms with Crippen LogP contribution in [0.5, 0.6) is 0 Å². The van der Waals surface area contributed by atoms with E-state index in [1.54, 1.807) is 7.11 Å². The minimum atomic E-state index is -3.36. The van der Waals surface area contributed by atoms with E-state index in [9.17, 15) is 8.42 Å². The molecular formula is C13H29N3O3S. The number of nitrogens with one attached hydrogen (secondary N) is 1. The number of likely N-dealkylation sites (tertiary alicyclic amines) is 1. The lowest BCUT2D eigenvalue weighted by Crippen LogP contribution is -2.49. The van der Waals surface area contributed by atoms with Crippen molar-refractivity contribution in [1.82, 2.24) is 9.62 Å². The van der Waals surface area contributed by atoms with Gasteiger partial charge < -0.3 is 15.4 Å². The van der Waals surface area contributed by atoms with Crippen molar-refractivity contribution in [1.29, 1.82) is 0 Å². The summed E-state index contributed by atoms with van der Waals surface area (Å²) in [6.45, 7) is 6.75. The Kier molecular flexibility index (Phi) is 7.39. The van der Waals surface area contributed by atoms with Gasteiger partial charge in [-0.1, -0.05) is 0 Å². The van der Waals surface area contributed by atoms with Crippen LogP contribution >= 0.6 is 0 Å². The Balaban J connectivity index is 2.50. The number of nitrogens with two attached hydrogens (primary N) is 1. The van der Waals surface area contributed by atoms with Crippen molar-refractivity contribution in [2.75, 3.05) is 33.4 Å². The number of sulfonamides is 1. The molecule has 0 aromatic carbocycles. The summed E-state index contributed by atoms with van der Waals surface area (Å²) in [6.07, 6.45) is 2.16. The molecule has 1 heterocycles. The standard InChI is InChI=1S/C13H29N3O3S/c1-11(2)16-7-4-12(5-8-16)15-20(17,18)13(10-14)6-9-19-3/h11-13,15H,4-10,14H2,1-3H3. The first-order valence-corrected chi connectivity index (χ1v) is 8.89. The lowest BCUT2D eigenvalue weighted by Gasteiger charge is -2.35. The summed E-state index contributed by atoms with van der Waals surface area (Å²) in [5.74, 6) is 0. The highest BCUT2D eigenvalue weighted by molar-refractivity contribution is 7.90. The lowest BCUT2D eigenvalue weighted by molar-refractivity contribution is 0.168. The number of hydrogen-bond donors (Lipinski definition) is 2. The van der Waals surface area contributed by atoms with E-state index in [0.29, 0.717) is 19.1 Å². The average molecular weight is 307 g/mol. The molecular weight excluding hydrogens is 278 g/mol. The predicted octanol–water partition coefficient (Wildman–Crippen LogP) is 0.142. The molecule has 6 nitrogen and oxygen atoms in total. The van der Waals surface area contributed by atoms with Crippen molar-refractivity contribution in [3.63, 3.8) is 0 Å². The molecule has 1 rings (SSSR count). The molecule has 0 aliphatic carbocycles. The fourth-order valence-corrected chi connectivity index (χ4v) is 4.06. The molecule has 1 saturated heterocycles. The van der Waals surface area contributed by atoms with E-state index in [4.69, 9.17) is 10.5 Å². The number of piperidine rings is 1. The molecule has 1 atom stereocenters. The van der Waals surface area contributed by atoms with Crippen molar-refractivity contribution in [3.05, 3.63) is 0 Å². The fraction of sp³-hybridized carbons (Fsp3) is 1.00. The van der Waals surface area contributed by atoms with Crippen molar-refractivity contribution in [3.8, 4) is 0 Å². The summed E-state index contributed by atoms with van der Waals surface area (Å²) in [7, 11) is -1.79. The van der Waals surface area contributed by atoms with E-state index in [1.165, 1.54) is 0 Å². The van der Waals surface area contributed by atoms with Crippen LogP contribution in [0, 0.1) is 0 Å². The predicted molar refractivity (Wildman–Crippen MR) is 81.1 cm³/mol. The Bertz CT molecular complexity index is 365. The SMILES string of the molecule is COCCC(CN)S(=O)(=O)NC1CCN(C(C)C)CC1. The molecule has 1 aliphatic rings. The molecule has 20 heavy (non-hydrogen) atoms. The number of rotatable bonds is 8. The third-order valence-electron chi connectivity index (χ3n) is 3.94. The Hall–Kier alpha value is -0.210. The Labute approximate surface area is 123 Å². The van der Waals surface area contributed by atoms with E-state index in [0.717, 1.165) is 25.9 Å². The van der Waals surface area contributed by atoms with Crippen LogP contribution < -0.4 is 10.5 Å². The number of nitrogens with zero attached hydrogens (tertiary/aromatic N) is 1. The van der Waals surface area contributed by atoms with E-state index in [2.05, 4.69) is 23.5 Å². The molecule has 3 N–H and O–H groups in total. The lowest BCUT2D eigenvalue weighted by atomic mass is 10.1. The maximum Gasteiger partial charge on any atom is 0.216 e. The molecule has 0 spiro atoms. The van der Waals surface area contributed by atoms with Gasteiger partial charge in [-0.3, -0.25) is 0 Å². The summed E-state index contributed by atoms with van der Waals surface area (Å²) in [6, 6.07) is 0.553. The van der Waals surface area contributed by atoms with E-state index >= 15 is 0 Å². The smallest absolute Gasteiger partial charge is 0.216 e. The van der Waals surface area contributed by atoms with Crippen LogP contribution in [0.15, 0.2) is 0 Å². The number of methoxy groups -OCH3 is 1. The van der Waals surface area contributed by atoms with Gasteiger partial charge in [-0.15, -0.1) is 0 Å². The first-order chi connectivity index (χ1) is 9.40. The van der Waals surface area contributed by atoms with E-state index < -0.39 is 15.3 Å². The van der Waals surface area contributed by atoms with Crippen LogP contribution in [0.3, 0.4) is 0 Å². The van der Waals surface area contributed by atoms with Crippen molar-refractivity contribution >= 4 is 10.0 Å². The van der Waals surface area contributed by atoms with Gasteiger partial charge in [0.05, 0.1) is 5.25 Å². The minimum absolute atomic E-state index is 0.0339. The molecule has 1 unspecified atom stereocenters. The fourth-order valence-electron chi connectivity index (χ4n) is 2.51. The molecule has 0 aromatic rings. The van der Waals surface area contributed by atoms with Crippen LogP contribution in [-0.2, 0) is 14.8 Å². The first kappa shape index (κ1) is 17.8. The molecule has 0 bridgehead atoms. The van der Waals surface area contributed by atoms with Crippen molar-refractivity contribution < 1.29 is 13.2 Å². The molecule has 0 saturated carbocycles. The highest BCUT2D eigenvalue weighted by Crippen LogP contribution is 2.15. The zero-order valence-electron chi connectivity index (χ0n) is 12.8. The summed E-state index contributed by atoms with van der Waals surface area (Å²) in [5.41, 5.74) is 5.58. The molecule has 0 amide bonds. The van der Waals surface area contributed by atoms with Gasteiger partial charge in [0, 0.05) is 32.3 Å². The van der Waals surface area contributed by atoms with Gasteiger partial charge >= 0.3 is 0 Å². The number of ether oxygens (including phenoxy) is 1. The summed E-state index contributed by atoms with van der Waals surface area (Å²) in [5, 5.41) is -0.564. The van der Waals surface area contributed by atoms with Crippen LogP contribution in [-0.4, -0.2) is 64.0 Å². The zero-order valence-corrected chi connectivity index (χ0v) is 13.7. The second-order valence-electron chi connectivity index (χ2n) is 5.71. The second kappa shape index (κ2) is 8.29. The quantitative estimate of drug-likeness (QED) is 0.666. The monoisotopic (exact) mass is 307 g/mol. The van der Waals surface area contributed by atoms with Gasteiger partial charge in [-0.05, 0) is 46.2 Å². The van der Waals surface area contributed by atoms with Crippen molar-refractivity contribution in [2.45, 2.75) is 50.4 Å². The topological polar surface area (TPSA) is 84.7 Å². The van der Waals surface area contributed by atoms with Gasteiger partial charge in [0.15, 0.2) is 0 Å². The van der Waals surface area contributed by atoms with Crippen LogP contribution in [0.1, 0.15) is 33.1 Å². The van der Waals surface area contributed by atoms with Crippen LogP contribution in [0.2, 0.25) is 0 Å². The second-order valence-corrected chi connectivity index (χ2v) is 7.70. The highest BCUT2D eigenvalue weighted by atomic mass is 32.2. The Morgan fingerprint density at radius 3 is 2.40 bits per heavy atom. The summed E-state index contributed by atoms with van der Waals surface area (Å²) >= 11 is 0. The Morgan fingerprint density at radius 2 is 1.95 bits per heavy atom. The largest absolute Gasteiger partial charge is 0.385 e. The van der Waals surface area contributed by atoms with Gasteiger partial charge in [0.1, 0.15) is 0 Å². The maximum absolute atomic E-state index is 12.3. The third kappa shape index (κ3) is 5.29. The molecule has 7 heteroatoms. The highest BCUT2D eigenvalue weighted by Gasteiger charge is 2.29. The minimum Gasteiger partial charge on any atom is -0.385 e. The summed E-state index contributed by atoms with van der Waals surface area (Å²) in [4.78, 5) is 2.37. The number of hydrogen-bond acceptors (Lipinski definition) is 5. The normalized spacial score (nSPS) is 20.4. The first-order valence-electron chi connectivity index (χ1n) is 7.35. The van der Waals surface area contributed by atoms with E-state index in [1.807, 2.05) is 0 Å². The van der Waals surface area contributed by atoms with E-state index in [-0.39, 0.29) is 12.6 Å². The Morgan fingerprint density at radius 1 is 1.35 bits per heavy atom. The molecule has 120 valence electrons. The van der Waals surface area contributed by atoms with Gasteiger partial charge in [0.2, 0.25) is 10.0 Å².